The molecule has 12 nitrogen and oxygen atoms in total. The number of rotatable bonds is 18. The first-order chi connectivity index (χ1) is 23.7. The van der Waals surface area contributed by atoms with Crippen LogP contribution in [-0.2, 0) is 36.8 Å². The highest BCUT2D eigenvalue weighted by Gasteiger charge is 2.30. The van der Waals surface area contributed by atoms with Gasteiger partial charge in [-0.1, -0.05) is 92.6 Å². The van der Waals surface area contributed by atoms with Crippen molar-refractivity contribution in [1.82, 2.24) is 21.3 Å². The molecule has 3 aromatic carbocycles. The minimum Gasteiger partial charge on any atom is -0.481 e. The van der Waals surface area contributed by atoms with Crippen LogP contribution in [-0.4, -0.2) is 64.7 Å². The van der Waals surface area contributed by atoms with Crippen molar-refractivity contribution in [2.24, 2.45) is 5.73 Å². The number of alkyl carbamates (subject to hydrolysis) is 1. The van der Waals surface area contributed by atoms with E-state index in [0.717, 1.165) is 28.3 Å². The summed E-state index contributed by atoms with van der Waals surface area (Å²) in [5.41, 5.74) is 6.55. The Bertz CT molecular complexity index is 1640. The van der Waals surface area contributed by atoms with Gasteiger partial charge in [0.1, 0.15) is 23.7 Å². The monoisotopic (exact) mass is 687 g/mol. The zero-order chi connectivity index (χ0) is 36.7. The van der Waals surface area contributed by atoms with E-state index in [1.54, 1.807) is 63.4 Å². The van der Waals surface area contributed by atoms with Crippen LogP contribution in [0.1, 0.15) is 64.5 Å². The molecule has 3 rings (SSSR count). The number of primary amides is 1. The number of fused-ring (bicyclic) bond motifs is 1. The Hall–Kier alpha value is -5.39. The molecule has 0 spiro atoms. The lowest BCUT2D eigenvalue weighted by Gasteiger charge is -2.24. The van der Waals surface area contributed by atoms with Crippen LogP contribution in [0.15, 0.2) is 85.1 Å². The summed E-state index contributed by atoms with van der Waals surface area (Å²) in [7, 11) is 0. The van der Waals surface area contributed by atoms with Crippen molar-refractivity contribution in [3.63, 3.8) is 0 Å². The number of hydrogen-bond acceptors (Lipinski definition) is 7. The number of nitrogens with two attached hydrogens (primary N) is 1. The van der Waals surface area contributed by atoms with Crippen LogP contribution in [0.5, 0.6) is 0 Å². The number of hydrogen-bond donors (Lipinski definition) is 6. The van der Waals surface area contributed by atoms with Crippen molar-refractivity contribution in [2.45, 2.75) is 96.0 Å². The van der Waals surface area contributed by atoms with Gasteiger partial charge in [0, 0.05) is 6.42 Å². The SMILES string of the molecule is CCCC[C@H](N/C=C/[C@H](Cc1ccc2ccccc2c1)NC(=O)OC(C)(C)C)C(=O)N[C@@H](CC(=O)O)C(=O)N[C@@H](Cc1ccccc1)C(N)=O. The third kappa shape index (κ3) is 13.6. The molecule has 0 aliphatic carbocycles. The van der Waals surface area contributed by atoms with Gasteiger partial charge in [0.2, 0.25) is 17.7 Å². The molecule has 50 heavy (non-hydrogen) atoms. The summed E-state index contributed by atoms with van der Waals surface area (Å²) in [6.07, 6.45) is 4.31. The predicted octanol–water partition coefficient (Wildman–Crippen LogP) is 4.11. The molecule has 4 atom stereocenters. The largest absolute Gasteiger partial charge is 0.481 e. The summed E-state index contributed by atoms with van der Waals surface area (Å²) in [5, 5.41) is 22.7. The van der Waals surface area contributed by atoms with Crippen LogP contribution >= 0.6 is 0 Å². The van der Waals surface area contributed by atoms with Gasteiger partial charge in [-0.2, -0.15) is 0 Å². The molecule has 7 N–H and O–H groups in total. The zero-order valence-corrected chi connectivity index (χ0v) is 29.1. The topological polar surface area (TPSA) is 189 Å². The molecular formula is C38H49N5O7. The van der Waals surface area contributed by atoms with E-state index in [-0.39, 0.29) is 6.42 Å². The van der Waals surface area contributed by atoms with E-state index in [9.17, 15) is 29.1 Å². The standard InChI is InChI=1S/C38H49N5O7/c1-5-6-16-30(35(47)43-32(24-33(44)45)36(48)42-31(34(39)46)23-25-12-8-7-9-13-25)40-20-19-29(41-37(49)50-38(2,3)4)22-26-17-18-27-14-10-11-15-28(27)21-26/h7-15,17-21,29-32,40H,5-6,16,22-24H2,1-4H3,(H2,39,46)(H,41,49)(H,42,48)(H,43,47)(H,44,45)/b20-19+/t29-,30+,31+,32+/m1/s1. The van der Waals surface area contributed by atoms with Crippen LogP contribution < -0.4 is 27.0 Å². The van der Waals surface area contributed by atoms with Crippen molar-refractivity contribution >= 4 is 40.6 Å². The third-order valence-electron chi connectivity index (χ3n) is 7.71. The molecule has 0 saturated carbocycles. The molecule has 0 unspecified atom stereocenters. The van der Waals surface area contributed by atoms with E-state index in [1.165, 1.54) is 0 Å². The number of nitrogens with one attached hydrogen (secondary N) is 4. The van der Waals surface area contributed by atoms with Crippen molar-refractivity contribution < 1.29 is 33.8 Å². The van der Waals surface area contributed by atoms with Crippen LogP contribution in [0, 0.1) is 0 Å². The Kier molecular flexibility index (Phi) is 14.8. The maximum Gasteiger partial charge on any atom is 0.408 e. The molecular weight excluding hydrogens is 638 g/mol. The van der Waals surface area contributed by atoms with E-state index in [4.69, 9.17) is 10.5 Å². The van der Waals surface area contributed by atoms with Crippen molar-refractivity contribution in [1.29, 1.82) is 0 Å². The first kappa shape index (κ1) is 39.1. The van der Waals surface area contributed by atoms with Crippen molar-refractivity contribution in [2.75, 3.05) is 0 Å². The predicted molar refractivity (Wildman–Crippen MR) is 192 cm³/mol. The number of carbonyl (C=O) groups is 5. The molecule has 268 valence electrons. The van der Waals surface area contributed by atoms with Crippen molar-refractivity contribution in [3.8, 4) is 0 Å². The van der Waals surface area contributed by atoms with E-state index >= 15 is 0 Å². The Labute approximate surface area is 293 Å². The van der Waals surface area contributed by atoms with Gasteiger partial charge in [0.25, 0.3) is 0 Å². The smallest absolute Gasteiger partial charge is 0.408 e. The molecule has 0 aliphatic rings. The quantitative estimate of drug-likeness (QED) is 0.115. The number of benzene rings is 3. The molecule has 0 saturated heterocycles. The number of carboxylic acids is 1. The third-order valence-corrected chi connectivity index (χ3v) is 7.71. The van der Waals surface area contributed by atoms with Gasteiger partial charge in [-0.15, -0.1) is 0 Å². The number of carboxylic acid groups (broad SMARTS) is 1. The maximum atomic E-state index is 13.5. The zero-order valence-electron chi connectivity index (χ0n) is 29.1. The second kappa shape index (κ2) is 19.0. The Morgan fingerprint density at radius 3 is 2.08 bits per heavy atom. The summed E-state index contributed by atoms with van der Waals surface area (Å²) in [5.74, 6) is -3.56. The Morgan fingerprint density at radius 1 is 0.800 bits per heavy atom. The summed E-state index contributed by atoms with van der Waals surface area (Å²) in [6.45, 7) is 7.28. The van der Waals surface area contributed by atoms with Gasteiger partial charge < -0.3 is 36.8 Å². The maximum absolute atomic E-state index is 13.5. The number of amides is 4. The normalized spacial score (nSPS) is 13.8. The van der Waals surface area contributed by atoms with Gasteiger partial charge in [0.15, 0.2) is 0 Å². The molecule has 0 aromatic heterocycles. The van der Waals surface area contributed by atoms with Crippen molar-refractivity contribution in [3.05, 3.63) is 96.2 Å². The van der Waals surface area contributed by atoms with Gasteiger partial charge in [-0.25, -0.2) is 4.79 Å². The fraction of sp³-hybridized carbons (Fsp3) is 0.395. The lowest BCUT2D eigenvalue weighted by atomic mass is 10.0. The van der Waals surface area contributed by atoms with Gasteiger partial charge in [-0.05, 0) is 67.8 Å². The van der Waals surface area contributed by atoms with Crippen LogP contribution in [0.25, 0.3) is 10.8 Å². The van der Waals surface area contributed by atoms with Crippen LogP contribution in [0.4, 0.5) is 4.79 Å². The van der Waals surface area contributed by atoms with E-state index < -0.39 is 66.0 Å². The molecule has 3 aromatic rings. The highest BCUT2D eigenvalue weighted by atomic mass is 16.6. The second-order valence-electron chi connectivity index (χ2n) is 13.2. The second-order valence-corrected chi connectivity index (χ2v) is 13.2. The molecule has 0 fully saturated rings. The first-order valence-electron chi connectivity index (χ1n) is 16.8. The molecule has 12 heteroatoms. The molecule has 0 bridgehead atoms. The first-order valence-corrected chi connectivity index (χ1v) is 16.8. The van der Waals surface area contributed by atoms with Gasteiger partial charge in [-0.3, -0.25) is 19.2 Å². The molecule has 4 amide bonds. The van der Waals surface area contributed by atoms with E-state index in [1.807, 2.05) is 49.4 Å². The average Bonchev–Trinajstić information content (AvgIpc) is 3.04. The molecule has 0 heterocycles. The van der Waals surface area contributed by atoms with Crippen LogP contribution in [0.2, 0.25) is 0 Å². The summed E-state index contributed by atoms with van der Waals surface area (Å²) in [4.78, 5) is 63.4. The van der Waals surface area contributed by atoms with E-state index in [0.29, 0.717) is 19.3 Å². The fourth-order valence-electron chi connectivity index (χ4n) is 5.23. The average molecular weight is 688 g/mol. The number of ether oxygens (including phenoxy) is 1. The Morgan fingerprint density at radius 2 is 1.44 bits per heavy atom. The lowest BCUT2D eigenvalue weighted by molar-refractivity contribution is -0.141. The molecule has 0 aliphatic heterocycles. The highest BCUT2D eigenvalue weighted by molar-refractivity contribution is 5.94. The Balaban J connectivity index is 1.76. The highest BCUT2D eigenvalue weighted by Crippen LogP contribution is 2.17. The van der Waals surface area contributed by atoms with Gasteiger partial charge >= 0.3 is 12.1 Å². The lowest BCUT2D eigenvalue weighted by Crippen LogP contribution is -2.56. The number of aliphatic carboxylic acids is 1. The summed E-state index contributed by atoms with van der Waals surface area (Å²) in [6, 6.07) is 19.0. The van der Waals surface area contributed by atoms with Gasteiger partial charge in [0.05, 0.1) is 12.5 Å². The number of carbonyl (C=O) groups excluding carboxylic acids is 4. The minimum absolute atomic E-state index is 0.0961. The van der Waals surface area contributed by atoms with Crippen LogP contribution in [0.3, 0.4) is 0 Å². The summed E-state index contributed by atoms with van der Waals surface area (Å²) < 4.78 is 5.48. The summed E-state index contributed by atoms with van der Waals surface area (Å²) >= 11 is 0. The fourth-order valence-corrected chi connectivity index (χ4v) is 5.23. The minimum atomic E-state index is -1.47. The van der Waals surface area contributed by atoms with E-state index in [2.05, 4.69) is 21.3 Å². The molecule has 0 radical (unpaired) electrons. The number of unbranched alkanes of at least 4 members (excludes halogenated alkanes) is 1.